The Hall–Kier alpha value is 0.0200. The molecule has 0 rings (SSSR count). The first-order valence-electron chi connectivity index (χ1n) is 6.69. The van der Waals surface area contributed by atoms with Gasteiger partial charge in [0.1, 0.15) is 10.5 Å². The molecule has 0 spiro atoms. The first kappa shape index (κ1) is 16.0. The highest BCUT2D eigenvalue weighted by Gasteiger charge is 2.29. The molecule has 96 valence electrons. The second-order valence-corrected chi connectivity index (χ2v) is 8.17. The lowest BCUT2D eigenvalue weighted by Crippen LogP contribution is -2.31. The minimum Gasteiger partial charge on any atom is -0.294 e. The fraction of sp³-hybridized carbons (Fsp3) is 0.929. The van der Waals surface area contributed by atoms with Gasteiger partial charge in [-0.1, -0.05) is 26.2 Å². The summed E-state index contributed by atoms with van der Waals surface area (Å²) in [6, 6.07) is 0. The van der Waals surface area contributed by atoms with Crippen LogP contribution in [0.25, 0.3) is 0 Å². The minimum absolute atomic E-state index is 0.285. The fourth-order valence-corrected chi connectivity index (χ4v) is 4.16. The molecule has 0 aromatic rings. The third-order valence-corrected chi connectivity index (χ3v) is 5.93. The lowest BCUT2D eigenvalue weighted by Gasteiger charge is -2.15. The molecule has 0 heterocycles. The summed E-state index contributed by atoms with van der Waals surface area (Å²) in [6.45, 7) is 11.2. The Balaban J connectivity index is 3.83. The summed E-state index contributed by atoms with van der Waals surface area (Å²) >= 11 is 0. The highest BCUT2D eigenvalue weighted by molar-refractivity contribution is 7.98. The van der Waals surface area contributed by atoms with Crippen LogP contribution in [0.15, 0.2) is 0 Å². The smallest absolute Gasteiger partial charge is 0.181 e. The highest BCUT2D eigenvalue weighted by Crippen LogP contribution is 2.14. The minimum atomic E-state index is 0.285. The number of rotatable bonds is 9. The van der Waals surface area contributed by atoms with Crippen molar-refractivity contribution in [3.63, 3.8) is 0 Å². The van der Waals surface area contributed by atoms with Gasteiger partial charge in [0.15, 0.2) is 11.5 Å². The van der Waals surface area contributed by atoms with Crippen molar-refractivity contribution in [2.45, 2.75) is 77.2 Å². The summed E-state index contributed by atoms with van der Waals surface area (Å²) < 4.78 is 0. The van der Waals surface area contributed by atoms with Gasteiger partial charge in [0.2, 0.25) is 0 Å². The molecule has 0 unspecified atom stereocenters. The molecule has 0 atom stereocenters. The summed E-state index contributed by atoms with van der Waals surface area (Å²) in [5, 5.41) is 1.30. The van der Waals surface area contributed by atoms with Crippen LogP contribution < -0.4 is 0 Å². The molecule has 16 heavy (non-hydrogen) atoms. The van der Waals surface area contributed by atoms with Gasteiger partial charge in [-0.2, -0.15) is 0 Å². The van der Waals surface area contributed by atoms with E-state index in [1.807, 2.05) is 0 Å². The van der Waals surface area contributed by atoms with Gasteiger partial charge in [-0.15, -0.1) is 0 Å². The highest BCUT2D eigenvalue weighted by atomic mass is 32.2. The quantitative estimate of drug-likeness (QED) is 0.444. The van der Waals surface area contributed by atoms with E-state index in [0.717, 1.165) is 18.6 Å². The van der Waals surface area contributed by atoms with Gasteiger partial charge in [0, 0.05) is 6.42 Å². The molecular formula is C14H29OS+. The molecule has 1 nitrogen and oxygen atoms in total. The predicted octanol–water partition coefficient (Wildman–Crippen LogP) is 3.96. The van der Waals surface area contributed by atoms with Crippen LogP contribution in [-0.2, 0) is 15.7 Å². The Kier molecular flexibility index (Phi) is 9.10. The van der Waals surface area contributed by atoms with Crippen molar-refractivity contribution in [1.29, 1.82) is 0 Å². The van der Waals surface area contributed by atoms with Crippen LogP contribution in [0.2, 0.25) is 0 Å². The Morgan fingerprint density at radius 3 is 2.00 bits per heavy atom. The summed E-state index contributed by atoms with van der Waals surface area (Å²) in [6.07, 6.45) is 5.65. The van der Waals surface area contributed by atoms with Crippen LogP contribution >= 0.6 is 0 Å². The molecule has 2 heteroatoms. The third kappa shape index (κ3) is 7.32. The predicted molar refractivity (Wildman–Crippen MR) is 76.3 cm³/mol. The van der Waals surface area contributed by atoms with Gasteiger partial charge in [0.25, 0.3) is 0 Å². The van der Waals surface area contributed by atoms with Crippen molar-refractivity contribution >= 4 is 16.7 Å². The van der Waals surface area contributed by atoms with E-state index in [0.29, 0.717) is 16.3 Å². The largest absolute Gasteiger partial charge is 0.294 e. The van der Waals surface area contributed by atoms with Crippen molar-refractivity contribution in [3.05, 3.63) is 0 Å². The summed E-state index contributed by atoms with van der Waals surface area (Å²) in [4.78, 5) is 11.8. The lowest BCUT2D eigenvalue weighted by atomic mass is 10.1. The van der Waals surface area contributed by atoms with E-state index in [-0.39, 0.29) is 10.9 Å². The normalized spacial score (nSPS) is 11.8. The molecule has 0 amide bonds. The van der Waals surface area contributed by atoms with E-state index < -0.39 is 0 Å². The van der Waals surface area contributed by atoms with Crippen LogP contribution in [0.3, 0.4) is 0 Å². The number of carbonyl (C=O) groups excluding carboxylic acids is 1. The van der Waals surface area contributed by atoms with Crippen molar-refractivity contribution in [2.75, 3.05) is 5.75 Å². The topological polar surface area (TPSA) is 17.1 Å². The average Bonchev–Trinajstić information content (AvgIpc) is 2.20. The standard InChI is InChI=1S/C14H29OS/c1-6-7-8-9-10-14(15)11-16(12(2)3)13(4)5/h12-13H,6-11H2,1-5H3/q+1. The number of ketones is 1. The third-order valence-electron chi connectivity index (χ3n) is 2.85. The summed E-state index contributed by atoms with van der Waals surface area (Å²) in [7, 11) is 0.285. The zero-order valence-electron chi connectivity index (χ0n) is 11.7. The van der Waals surface area contributed by atoms with Crippen LogP contribution in [0.1, 0.15) is 66.7 Å². The maximum atomic E-state index is 11.8. The maximum Gasteiger partial charge on any atom is 0.181 e. The molecule has 0 N–H and O–H groups in total. The molecule has 0 saturated carbocycles. The van der Waals surface area contributed by atoms with E-state index in [1.54, 1.807) is 0 Å². The Bertz CT molecular complexity index is 179. The molecule has 0 saturated heterocycles. The first-order chi connectivity index (χ1) is 7.49. The van der Waals surface area contributed by atoms with Crippen LogP contribution in [-0.4, -0.2) is 22.0 Å². The number of Topliss-reactive ketones (excluding diaryl/α,β-unsaturated/α-hetero) is 1. The molecule has 0 radical (unpaired) electrons. The molecule has 0 aromatic carbocycles. The van der Waals surface area contributed by atoms with Crippen molar-refractivity contribution in [3.8, 4) is 0 Å². The molecule has 0 fully saturated rings. The summed E-state index contributed by atoms with van der Waals surface area (Å²) in [5.74, 6) is 1.31. The van der Waals surface area contributed by atoms with Crippen molar-refractivity contribution in [1.82, 2.24) is 0 Å². The van der Waals surface area contributed by atoms with Gasteiger partial charge in [-0.3, -0.25) is 4.79 Å². The molecular weight excluding hydrogens is 216 g/mol. The van der Waals surface area contributed by atoms with E-state index >= 15 is 0 Å². The number of carbonyl (C=O) groups is 1. The molecule has 0 aliphatic rings. The molecule has 0 bridgehead atoms. The molecule has 0 aromatic heterocycles. The zero-order chi connectivity index (χ0) is 12.6. The number of hydrogen-bond donors (Lipinski definition) is 0. The van der Waals surface area contributed by atoms with Gasteiger partial charge >= 0.3 is 0 Å². The second-order valence-electron chi connectivity index (χ2n) is 5.06. The van der Waals surface area contributed by atoms with Gasteiger partial charge < -0.3 is 0 Å². The summed E-state index contributed by atoms with van der Waals surface area (Å²) in [5.41, 5.74) is 0. The van der Waals surface area contributed by atoms with Gasteiger partial charge in [-0.05, 0) is 45.0 Å². The molecule has 0 aliphatic carbocycles. The van der Waals surface area contributed by atoms with E-state index in [9.17, 15) is 4.79 Å². The zero-order valence-corrected chi connectivity index (χ0v) is 12.5. The van der Waals surface area contributed by atoms with Gasteiger partial charge in [0.05, 0.1) is 0 Å². The fourth-order valence-electron chi connectivity index (χ4n) is 1.88. The first-order valence-corrected chi connectivity index (χ1v) is 8.21. The average molecular weight is 245 g/mol. The van der Waals surface area contributed by atoms with Crippen LogP contribution in [0.4, 0.5) is 0 Å². The monoisotopic (exact) mass is 245 g/mol. The Morgan fingerprint density at radius 2 is 1.56 bits per heavy atom. The van der Waals surface area contributed by atoms with E-state index in [1.165, 1.54) is 19.3 Å². The Labute approximate surface area is 105 Å². The number of unbranched alkanes of at least 4 members (excludes halogenated alkanes) is 3. The Morgan fingerprint density at radius 1 is 1.00 bits per heavy atom. The van der Waals surface area contributed by atoms with Gasteiger partial charge in [-0.25, -0.2) is 0 Å². The van der Waals surface area contributed by atoms with Crippen LogP contribution in [0.5, 0.6) is 0 Å². The van der Waals surface area contributed by atoms with Crippen molar-refractivity contribution in [2.24, 2.45) is 0 Å². The van der Waals surface area contributed by atoms with Crippen molar-refractivity contribution < 1.29 is 4.79 Å². The van der Waals surface area contributed by atoms with E-state index in [4.69, 9.17) is 0 Å². The van der Waals surface area contributed by atoms with E-state index in [2.05, 4.69) is 34.6 Å². The maximum absolute atomic E-state index is 11.8. The van der Waals surface area contributed by atoms with Crippen LogP contribution in [0, 0.1) is 0 Å². The molecule has 0 aliphatic heterocycles. The number of hydrogen-bond acceptors (Lipinski definition) is 1. The second kappa shape index (κ2) is 9.09. The lowest BCUT2D eigenvalue weighted by molar-refractivity contribution is -0.116. The SMILES string of the molecule is CCCCCCC(=O)C[S+](C(C)C)C(C)C.